The van der Waals surface area contributed by atoms with E-state index in [1.165, 1.54) is 12.1 Å². The summed E-state index contributed by atoms with van der Waals surface area (Å²) in [6.45, 7) is 2.60. The smallest absolute Gasteiger partial charge is 0.315 e. The molecule has 1 aliphatic carbocycles. The van der Waals surface area contributed by atoms with Crippen LogP contribution in [0.3, 0.4) is 0 Å². The van der Waals surface area contributed by atoms with Gasteiger partial charge in [0.1, 0.15) is 12.5 Å². The number of hydrogen-bond donors (Lipinski definition) is 0. The summed E-state index contributed by atoms with van der Waals surface area (Å²) in [4.78, 5) is 44.9. The average Bonchev–Trinajstić information content (AvgIpc) is 3.45. The van der Waals surface area contributed by atoms with Gasteiger partial charge in [-0.25, -0.2) is 0 Å². The van der Waals surface area contributed by atoms with Gasteiger partial charge in [0.05, 0.1) is 11.0 Å². The minimum atomic E-state index is -0.800. The standard InChI is InChI=1S/C30H33N3O6/c1-18-27(30(35)39-17-24-5-4-14-38-24)28(20-8-12-23(13-9-20)33(36)37)29-25(31-18)15-21(16-26(29)34)19-6-10-22(11-7-19)32(2)3/h6-13,21,24,27-28H,4-5,14-17H2,1-3H3. The molecule has 0 spiro atoms. The van der Waals surface area contributed by atoms with Crippen molar-refractivity contribution in [1.82, 2.24) is 0 Å². The number of allylic oxidation sites excluding steroid dienone is 2. The SMILES string of the molecule is CC1=NC2=C(C(=O)CC(c3ccc(N(C)C)cc3)C2)C(c2ccc([N+](=O)[O-])cc2)C1C(=O)OCC1CCCO1. The van der Waals surface area contributed by atoms with Crippen molar-refractivity contribution in [1.29, 1.82) is 0 Å². The highest BCUT2D eigenvalue weighted by Crippen LogP contribution is 2.47. The molecular formula is C30H33N3O6. The van der Waals surface area contributed by atoms with E-state index in [-0.39, 0.29) is 30.1 Å². The number of aliphatic imine (C=N–C) groups is 1. The molecule has 4 unspecified atom stereocenters. The van der Waals surface area contributed by atoms with Crippen molar-refractivity contribution in [2.24, 2.45) is 10.9 Å². The lowest BCUT2D eigenvalue weighted by Gasteiger charge is -2.36. The highest BCUT2D eigenvalue weighted by atomic mass is 16.6. The van der Waals surface area contributed by atoms with Gasteiger partial charge < -0.3 is 14.4 Å². The number of rotatable bonds is 7. The number of ether oxygens (including phenoxy) is 2. The molecule has 2 aromatic rings. The van der Waals surface area contributed by atoms with Crippen LogP contribution in [-0.4, -0.2) is 55.8 Å². The molecule has 0 N–H and O–H groups in total. The molecule has 2 aliphatic heterocycles. The molecule has 5 rings (SSSR count). The minimum absolute atomic E-state index is 0.0236. The molecule has 0 amide bonds. The van der Waals surface area contributed by atoms with E-state index in [1.54, 1.807) is 19.1 Å². The first-order valence-electron chi connectivity index (χ1n) is 13.3. The van der Waals surface area contributed by atoms with Gasteiger partial charge in [-0.3, -0.25) is 24.7 Å². The Balaban J connectivity index is 1.48. The van der Waals surface area contributed by atoms with E-state index in [2.05, 4.69) is 12.1 Å². The minimum Gasteiger partial charge on any atom is -0.462 e. The van der Waals surface area contributed by atoms with Crippen molar-refractivity contribution in [3.8, 4) is 0 Å². The predicted molar refractivity (Wildman–Crippen MR) is 147 cm³/mol. The zero-order chi connectivity index (χ0) is 27.7. The Labute approximate surface area is 227 Å². The third-order valence-electron chi connectivity index (χ3n) is 7.92. The van der Waals surface area contributed by atoms with Gasteiger partial charge in [-0.2, -0.15) is 0 Å². The number of benzene rings is 2. The number of ketones is 1. The topological polar surface area (TPSA) is 111 Å². The molecule has 9 heteroatoms. The molecule has 39 heavy (non-hydrogen) atoms. The normalized spacial score (nSPS) is 24.7. The van der Waals surface area contributed by atoms with Gasteiger partial charge in [-0.15, -0.1) is 0 Å². The highest BCUT2D eigenvalue weighted by Gasteiger charge is 2.45. The van der Waals surface area contributed by atoms with Gasteiger partial charge >= 0.3 is 5.97 Å². The van der Waals surface area contributed by atoms with Gasteiger partial charge in [0.25, 0.3) is 5.69 Å². The molecule has 1 fully saturated rings. The number of carbonyl (C=O) groups is 2. The fourth-order valence-electron chi connectivity index (χ4n) is 5.85. The number of anilines is 1. The molecule has 0 bridgehead atoms. The van der Waals surface area contributed by atoms with Crippen LogP contribution in [0, 0.1) is 16.0 Å². The molecular weight excluding hydrogens is 498 g/mol. The van der Waals surface area contributed by atoms with Gasteiger partial charge in [0.2, 0.25) is 0 Å². The number of nitro groups is 1. The number of nitro benzene ring substituents is 1. The summed E-state index contributed by atoms with van der Waals surface area (Å²) in [6.07, 6.45) is 2.51. The van der Waals surface area contributed by atoms with Gasteiger partial charge in [0, 0.05) is 67.8 Å². The van der Waals surface area contributed by atoms with Gasteiger partial charge in [-0.05, 0) is 55.4 Å². The molecule has 3 aliphatic rings. The molecule has 4 atom stereocenters. The van der Waals surface area contributed by atoms with E-state index >= 15 is 0 Å². The maximum atomic E-state index is 13.8. The van der Waals surface area contributed by atoms with Crippen LogP contribution in [0.1, 0.15) is 55.6 Å². The Kier molecular flexibility index (Phi) is 7.61. The predicted octanol–water partition coefficient (Wildman–Crippen LogP) is 4.96. The van der Waals surface area contributed by atoms with Crippen molar-refractivity contribution in [2.75, 3.05) is 32.2 Å². The number of nitrogens with zero attached hydrogens (tertiary/aromatic N) is 3. The van der Waals surface area contributed by atoms with Crippen LogP contribution in [0.25, 0.3) is 0 Å². The number of hydrogen-bond acceptors (Lipinski definition) is 8. The van der Waals surface area contributed by atoms with Crippen molar-refractivity contribution < 1.29 is 24.0 Å². The largest absolute Gasteiger partial charge is 0.462 e. The first-order valence-corrected chi connectivity index (χ1v) is 13.3. The Morgan fingerprint density at radius 3 is 2.41 bits per heavy atom. The first-order chi connectivity index (χ1) is 18.7. The van der Waals surface area contributed by atoms with Crippen LogP contribution >= 0.6 is 0 Å². The number of Topliss-reactive ketones (excluding diaryl/α,β-unsaturated/α-hetero) is 1. The monoisotopic (exact) mass is 531 g/mol. The molecule has 9 nitrogen and oxygen atoms in total. The Morgan fingerprint density at radius 2 is 1.79 bits per heavy atom. The summed E-state index contributed by atoms with van der Waals surface area (Å²) < 4.78 is 11.3. The van der Waals surface area contributed by atoms with Gasteiger partial charge in [-0.1, -0.05) is 24.3 Å². The Bertz CT molecular complexity index is 1320. The molecule has 1 saturated heterocycles. The maximum Gasteiger partial charge on any atom is 0.315 e. The van der Waals surface area contributed by atoms with Crippen molar-refractivity contribution in [2.45, 2.75) is 50.5 Å². The highest BCUT2D eigenvalue weighted by molar-refractivity contribution is 6.09. The Hall–Kier alpha value is -3.85. The van der Waals surface area contributed by atoms with E-state index in [1.807, 2.05) is 31.1 Å². The van der Waals surface area contributed by atoms with Crippen LogP contribution in [0.15, 0.2) is 64.8 Å². The summed E-state index contributed by atoms with van der Waals surface area (Å²) in [6, 6.07) is 14.3. The summed E-state index contributed by atoms with van der Waals surface area (Å²) >= 11 is 0. The molecule has 2 aromatic carbocycles. The van der Waals surface area contributed by atoms with E-state index in [0.29, 0.717) is 42.0 Å². The zero-order valence-corrected chi connectivity index (χ0v) is 22.5. The maximum absolute atomic E-state index is 13.8. The third kappa shape index (κ3) is 5.49. The molecule has 2 heterocycles. The van der Waals surface area contributed by atoms with E-state index < -0.39 is 22.7 Å². The third-order valence-corrected chi connectivity index (χ3v) is 7.92. The Morgan fingerprint density at radius 1 is 1.10 bits per heavy atom. The fourth-order valence-corrected chi connectivity index (χ4v) is 5.85. The second-order valence-electron chi connectivity index (χ2n) is 10.7. The van der Waals surface area contributed by atoms with Crippen LogP contribution in [0.4, 0.5) is 11.4 Å². The average molecular weight is 532 g/mol. The van der Waals surface area contributed by atoms with Crippen LogP contribution in [0.2, 0.25) is 0 Å². The molecule has 204 valence electrons. The van der Waals surface area contributed by atoms with E-state index in [4.69, 9.17) is 14.5 Å². The van der Waals surface area contributed by atoms with E-state index in [9.17, 15) is 19.7 Å². The second kappa shape index (κ2) is 11.1. The molecule has 0 radical (unpaired) electrons. The lowest BCUT2D eigenvalue weighted by atomic mass is 9.69. The molecule has 0 aromatic heterocycles. The number of carbonyl (C=O) groups excluding carboxylic acids is 2. The number of esters is 1. The summed E-state index contributed by atoms with van der Waals surface area (Å²) in [5.74, 6) is -1.97. The van der Waals surface area contributed by atoms with Crippen molar-refractivity contribution >= 4 is 28.8 Å². The zero-order valence-electron chi connectivity index (χ0n) is 22.5. The van der Waals surface area contributed by atoms with Crippen LogP contribution in [0.5, 0.6) is 0 Å². The van der Waals surface area contributed by atoms with Crippen molar-refractivity contribution in [3.05, 3.63) is 81.0 Å². The van der Waals surface area contributed by atoms with Crippen molar-refractivity contribution in [3.63, 3.8) is 0 Å². The lowest BCUT2D eigenvalue weighted by molar-refractivity contribution is -0.384. The van der Waals surface area contributed by atoms with E-state index in [0.717, 1.165) is 24.1 Å². The van der Waals surface area contributed by atoms with Gasteiger partial charge in [0.15, 0.2) is 5.78 Å². The summed E-state index contributed by atoms with van der Waals surface area (Å²) in [5.41, 5.74) is 4.51. The summed E-state index contributed by atoms with van der Waals surface area (Å²) in [5, 5.41) is 11.3. The summed E-state index contributed by atoms with van der Waals surface area (Å²) in [7, 11) is 3.96. The fraction of sp³-hybridized carbons (Fsp3) is 0.433. The molecule has 0 saturated carbocycles. The van der Waals surface area contributed by atoms with Crippen LogP contribution < -0.4 is 4.90 Å². The van der Waals surface area contributed by atoms with Crippen LogP contribution in [-0.2, 0) is 19.1 Å². The number of non-ortho nitro benzene ring substituents is 1. The first kappa shape index (κ1) is 26.7. The second-order valence-corrected chi connectivity index (χ2v) is 10.7. The quantitative estimate of drug-likeness (QED) is 0.282. The lowest BCUT2D eigenvalue weighted by Crippen LogP contribution is -2.38.